The standard InChI is InChI=1S/C9H9NO/c1-11-9-6-7-4-2-3-5-8(7)10-9/h2-4,6H,5H2,1H3. The van der Waals surface area contributed by atoms with Gasteiger partial charge >= 0.3 is 0 Å². The minimum atomic E-state index is 0.718. The molecule has 0 bridgehead atoms. The highest BCUT2D eigenvalue weighted by molar-refractivity contribution is 6.06. The lowest BCUT2D eigenvalue weighted by Gasteiger charge is -2.00. The van der Waals surface area contributed by atoms with E-state index in [-0.39, 0.29) is 0 Å². The van der Waals surface area contributed by atoms with E-state index in [4.69, 9.17) is 4.74 Å². The predicted octanol–water partition coefficient (Wildman–Crippen LogP) is 1.82. The molecule has 11 heavy (non-hydrogen) atoms. The van der Waals surface area contributed by atoms with E-state index in [1.54, 1.807) is 7.11 Å². The highest BCUT2D eigenvalue weighted by atomic mass is 16.5. The molecule has 0 spiro atoms. The quantitative estimate of drug-likeness (QED) is 0.554. The molecule has 0 aromatic heterocycles. The molecule has 0 N–H and O–H groups in total. The van der Waals surface area contributed by atoms with Crippen LogP contribution in [0.1, 0.15) is 6.42 Å². The van der Waals surface area contributed by atoms with Crippen molar-refractivity contribution in [3.8, 4) is 0 Å². The van der Waals surface area contributed by atoms with Gasteiger partial charge in [-0.25, -0.2) is 4.99 Å². The highest BCUT2D eigenvalue weighted by Crippen LogP contribution is 2.21. The summed E-state index contributed by atoms with van der Waals surface area (Å²) in [5.74, 6) is 0.718. The number of allylic oxidation sites excluding steroid dienone is 5. The minimum absolute atomic E-state index is 0.718. The number of hydrogen-bond acceptors (Lipinski definition) is 2. The highest BCUT2D eigenvalue weighted by Gasteiger charge is 2.14. The van der Waals surface area contributed by atoms with Gasteiger partial charge in [0, 0.05) is 18.1 Å². The van der Waals surface area contributed by atoms with Crippen LogP contribution in [0.4, 0.5) is 0 Å². The van der Waals surface area contributed by atoms with Gasteiger partial charge in [-0.1, -0.05) is 18.2 Å². The zero-order valence-electron chi connectivity index (χ0n) is 6.37. The summed E-state index contributed by atoms with van der Waals surface area (Å²) in [6.07, 6.45) is 9.07. The second-order valence-electron chi connectivity index (χ2n) is 2.50. The first kappa shape index (κ1) is 6.40. The number of nitrogens with zero attached hydrogens (tertiary/aromatic N) is 1. The molecular formula is C9H9NO. The maximum absolute atomic E-state index is 5.01. The molecule has 0 fully saturated rings. The van der Waals surface area contributed by atoms with Crippen molar-refractivity contribution in [2.45, 2.75) is 6.42 Å². The van der Waals surface area contributed by atoms with Crippen LogP contribution in [0.25, 0.3) is 0 Å². The molecule has 1 aliphatic carbocycles. The summed E-state index contributed by atoms with van der Waals surface area (Å²) in [6, 6.07) is 0. The second kappa shape index (κ2) is 2.38. The zero-order valence-corrected chi connectivity index (χ0v) is 6.37. The fraction of sp³-hybridized carbons (Fsp3) is 0.222. The van der Waals surface area contributed by atoms with Crippen LogP contribution >= 0.6 is 0 Å². The van der Waals surface area contributed by atoms with Crippen molar-refractivity contribution in [1.82, 2.24) is 0 Å². The molecule has 2 rings (SSSR count). The van der Waals surface area contributed by atoms with Crippen LogP contribution in [0, 0.1) is 0 Å². The largest absolute Gasteiger partial charge is 0.481 e. The Balaban J connectivity index is 2.34. The van der Waals surface area contributed by atoms with E-state index in [1.165, 1.54) is 5.57 Å². The van der Waals surface area contributed by atoms with Crippen molar-refractivity contribution >= 4 is 5.71 Å². The number of rotatable bonds is 1. The van der Waals surface area contributed by atoms with Crippen molar-refractivity contribution in [3.63, 3.8) is 0 Å². The fourth-order valence-electron chi connectivity index (χ4n) is 1.21. The summed E-state index contributed by atoms with van der Waals surface area (Å²) < 4.78 is 5.01. The number of ether oxygens (including phenoxy) is 1. The van der Waals surface area contributed by atoms with Crippen LogP contribution in [0.15, 0.2) is 40.8 Å². The zero-order chi connectivity index (χ0) is 7.68. The Morgan fingerprint density at radius 2 is 2.45 bits per heavy atom. The van der Waals surface area contributed by atoms with Crippen molar-refractivity contribution in [2.75, 3.05) is 7.11 Å². The Bertz CT molecular complexity index is 295. The molecule has 0 unspecified atom stereocenters. The van der Waals surface area contributed by atoms with Gasteiger partial charge in [-0.15, -0.1) is 0 Å². The Morgan fingerprint density at radius 3 is 3.18 bits per heavy atom. The summed E-state index contributed by atoms with van der Waals surface area (Å²) >= 11 is 0. The average molecular weight is 147 g/mol. The average Bonchev–Trinajstić information content (AvgIpc) is 2.46. The minimum Gasteiger partial charge on any atom is -0.481 e. The third kappa shape index (κ3) is 1.00. The molecule has 0 atom stereocenters. The molecule has 0 aromatic rings. The first-order chi connectivity index (χ1) is 5.40. The van der Waals surface area contributed by atoms with Crippen LogP contribution in [0.2, 0.25) is 0 Å². The van der Waals surface area contributed by atoms with Gasteiger partial charge in [0.2, 0.25) is 5.88 Å². The van der Waals surface area contributed by atoms with Gasteiger partial charge in [-0.3, -0.25) is 0 Å². The van der Waals surface area contributed by atoms with Gasteiger partial charge in [0.15, 0.2) is 0 Å². The Labute approximate surface area is 65.6 Å². The van der Waals surface area contributed by atoms with E-state index in [0.29, 0.717) is 0 Å². The molecule has 2 aliphatic rings. The molecule has 0 amide bonds. The number of methoxy groups -OCH3 is 1. The predicted molar refractivity (Wildman–Crippen MR) is 44.4 cm³/mol. The number of hydrogen-bond donors (Lipinski definition) is 0. The smallest absolute Gasteiger partial charge is 0.213 e. The first-order valence-corrected chi connectivity index (χ1v) is 3.60. The molecule has 0 saturated carbocycles. The van der Waals surface area contributed by atoms with Crippen molar-refractivity contribution in [3.05, 3.63) is 35.8 Å². The van der Waals surface area contributed by atoms with Crippen LogP contribution in [0.3, 0.4) is 0 Å². The lowest BCUT2D eigenvalue weighted by molar-refractivity contribution is 0.290. The Hall–Kier alpha value is -1.31. The lowest BCUT2D eigenvalue weighted by Crippen LogP contribution is -1.97. The number of fused-ring (bicyclic) bond motifs is 1. The summed E-state index contributed by atoms with van der Waals surface area (Å²) in [5, 5.41) is 0. The van der Waals surface area contributed by atoms with Gasteiger partial charge in [-0.05, 0) is 0 Å². The third-order valence-electron chi connectivity index (χ3n) is 1.79. The molecular weight excluding hydrogens is 138 g/mol. The Kier molecular flexibility index (Phi) is 1.39. The van der Waals surface area contributed by atoms with Crippen molar-refractivity contribution < 1.29 is 4.74 Å². The van der Waals surface area contributed by atoms with Crippen LogP contribution in [-0.4, -0.2) is 12.8 Å². The van der Waals surface area contributed by atoms with Gasteiger partial charge < -0.3 is 4.74 Å². The van der Waals surface area contributed by atoms with Gasteiger partial charge in [0.05, 0.1) is 12.8 Å². The molecule has 1 aliphatic heterocycles. The van der Waals surface area contributed by atoms with Crippen molar-refractivity contribution in [2.24, 2.45) is 4.99 Å². The molecule has 2 heteroatoms. The van der Waals surface area contributed by atoms with Crippen LogP contribution < -0.4 is 0 Å². The normalized spacial score (nSPS) is 20.3. The van der Waals surface area contributed by atoms with Gasteiger partial charge in [0.25, 0.3) is 0 Å². The van der Waals surface area contributed by atoms with Gasteiger partial charge in [-0.2, -0.15) is 0 Å². The molecule has 0 aromatic carbocycles. The monoisotopic (exact) mass is 147 g/mol. The van der Waals surface area contributed by atoms with E-state index < -0.39 is 0 Å². The molecule has 1 heterocycles. The second-order valence-corrected chi connectivity index (χ2v) is 2.50. The lowest BCUT2D eigenvalue weighted by atomic mass is 10.0. The number of aliphatic imine (C=N–C) groups is 1. The summed E-state index contributed by atoms with van der Waals surface area (Å²) in [4.78, 5) is 4.26. The summed E-state index contributed by atoms with van der Waals surface area (Å²) in [7, 11) is 1.64. The maximum atomic E-state index is 5.01. The molecule has 2 nitrogen and oxygen atoms in total. The Morgan fingerprint density at radius 1 is 1.55 bits per heavy atom. The van der Waals surface area contributed by atoms with E-state index in [2.05, 4.69) is 11.1 Å². The fourth-order valence-corrected chi connectivity index (χ4v) is 1.21. The molecule has 56 valence electrons. The topological polar surface area (TPSA) is 21.6 Å². The van der Waals surface area contributed by atoms with E-state index in [1.807, 2.05) is 18.2 Å². The van der Waals surface area contributed by atoms with Gasteiger partial charge in [0.1, 0.15) is 0 Å². The third-order valence-corrected chi connectivity index (χ3v) is 1.79. The van der Waals surface area contributed by atoms with E-state index in [9.17, 15) is 0 Å². The van der Waals surface area contributed by atoms with Crippen LogP contribution in [0.5, 0.6) is 0 Å². The summed E-state index contributed by atoms with van der Waals surface area (Å²) in [6.45, 7) is 0. The maximum Gasteiger partial charge on any atom is 0.213 e. The SMILES string of the molecule is COC1=CC2=CC=CCC2=N1. The molecule has 0 radical (unpaired) electrons. The van der Waals surface area contributed by atoms with Crippen molar-refractivity contribution in [1.29, 1.82) is 0 Å². The van der Waals surface area contributed by atoms with E-state index in [0.717, 1.165) is 18.0 Å². The summed E-state index contributed by atoms with van der Waals surface area (Å²) in [5.41, 5.74) is 2.30. The van der Waals surface area contributed by atoms with E-state index >= 15 is 0 Å². The first-order valence-electron chi connectivity index (χ1n) is 3.60. The van der Waals surface area contributed by atoms with Crippen LogP contribution in [-0.2, 0) is 4.74 Å². The molecule has 0 saturated heterocycles.